The maximum absolute atomic E-state index is 12.0. The third kappa shape index (κ3) is 2.35. The van der Waals surface area contributed by atoms with Crippen molar-refractivity contribution in [2.75, 3.05) is 6.79 Å². The average molecular weight is 256 g/mol. The third-order valence-corrected chi connectivity index (χ3v) is 2.81. The Morgan fingerprint density at radius 2 is 2.21 bits per heavy atom. The predicted octanol–water partition coefficient (Wildman–Crippen LogP) is 2.04. The van der Waals surface area contributed by atoms with Crippen LogP contribution in [0.15, 0.2) is 36.7 Å². The van der Waals surface area contributed by atoms with Crippen LogP contribution in [-0.4, -0.2) is 22.4 Å². The molecule has 0 unspecified atom stereocenters. The molecule has 0 amide bonds. The molecule has 2 aromatic rings. The summed E-state index contributed by atoms with van der Waals surface area (Å²) in [6.07, 6.45) is 6.79. The minimum atomic E-state index is -0.0813. The van der Waals surface area contributed by atoms with Crippen LogP contribution < -0.4 is 9.47 Å². The lowest BCUT2D eigenvalue weighted by molar-refractivity contribution is 0.104. The summed E-state index contributed by atoms with van der Waals surface area (Å²) >= 11 is 0. The Balaban J connectivity index is 1.79. The van der Waals surface area contributed by atoms with Gasteiger partial charge in [-0.15, -0.1) is 0 Å². The Bertz CT molecular complexity index is 658. The summed E-state index contributed by atoms with van der Waals surface area (Å²) in [5, 5.41) is 4.03. The zero-order chi connectivity index (χ0) is 13.2. The second kappa shape index (κ2) is 4.61. The lowest BCUT2D eigenvalue weighted by atomic mass is 10.1. The van der Waals surface area contributed by atoms with Crippen molar-refractivity contribution in [2.45, 2.75) is 0 Å². The van der Waals surface area contributed by atoms with Gasteiger partial charge in [0, 0.05) is 24.4 Å². The van der Waals surface area contributed by atoms with Gasteiger partial charge in [0.05, 0.1) is 6.20 Å². The van der Waals surface area contributed by atoms with Crippen LogP contribution in [0.1, 0.15) is 15.9 Å². The van der Waals surface area contributed by atoms with E-state index in [1.807, 2.05) is 13.2 Å². The highest BCUT2D eigenvalue weighted by molar-refractivity contribution is 6.07. The molecule has 1 aromatic carbocycles. The molecule has 0 fully saturated rings. The molecule has 0 atom stereocenters. The number of carbonyl (C=O) groups excluding carboxylic acids is 1. The monoisotopic (exact) mass is 256 g/mol. The number of ketones is 1. The van der Waals surface area contributed by atoms with Crippen LogP contribution in [0.5, 0.6) is 11.5 Å². The SMILES string of the molecule is Cn1cc(/C=C\C(=O)c2ccc3c(c2)OCO3)cn1. The number of benzene rings is 1. The summed E-state index contributed by atoms with van der Waals surface area (Å²) in [5.41, 5.74) is 1.46. The molecule has 0 bridgehead atoms. The first kappa shape index (κ1) is 11.5. The van der Waals surface area contributed by atoms with Gasteiger partial charge in [-0.1, -0.05) is 0 Å². The number of hydrogen-bond acceptors (Lipinski definition) is 4. The van der Waals surface area contributed by atoms with E-state index < -0.39 is 0 Å². The van der Waals surface area contributed by atoms with Crippen LogP contribution in [0.2, 0.25) is 0 Å². The summed E-state index contributed by atoms with van der Waals surface area (Å²) < 4.78 is 12.1. The van der Waals surface area contributed by atoms with Crippen molar-refractivity contribution in [3.05, 3.63) is 47.8 Å². The third-order valence-electron chi connectivity index (χ3n) is 2.81. The van der Waals surface area contributed by atoms with Crippen molar-refractivity contribution in [1.29, 1.82) is 0 Å². The van der Waals surface area contributed by atoms with E-state index in [4.69, 9.17) is 9.47 Å². The van der Waals surface area contributed by atoms with Gasteiger partial charge in [-0.25, -0.2) is 0 Å². The Morgan fingerprint density at radius 1 is 1.37 bits per heavy atom. The average Bonchev–Trinajstić information content (AvgIpc) is 3.03. The largest absolute Gasteiger partial charge is 0.454 e. The summed E-state index contributed by atoms with van der Waals surface area (Å²) in [5.74, 6) is 1.20. The van der Waals surface area contributed by atoms with Crippen molar-refractivity contribution >= 4 is 11.9 Å². The lowest BCUT2D eigenvalue weighted by Crippen LogP contribution is -1.94. The summed E-state index contributed by atoms with van der Waals surface area (Å²) in [6.45, 7) is 0.207. The molecule has 19 heavy (non-hydrogen) atoms. The van der Waals surface area contributed by atoms with E-state index in [0.29, 0.717) is 17.1 Å². The van der Waals surface area contributed by atoms with Crippen LogP contribution >= 0.6 is 0 Å². The molecular formula is C14H12N2O3. The van der Waals surface area contributed by atoms with Crippen molar-refractivity contribution in [3.8, 4) is 11.5 Å². The van der Waals surface area contributed by atoms with Gasteiger partial charge in [0.1, 0.15) is 0 Å². The van der Waals surface area contributed by atoms with E-state index in [0.717, 1.165) is 5.56 Å². The molecule has 1 aliphatic rings. The molecule has 5 heteroatoms. The molecule has 0 spiro atoms. The summed E-state index contributed by atoms with van der Waals surface area (Å²) in [4.78, 5) is 12.0. The molecule has 1 aromatic heterocycles. The first-order valence-electron chi connectivity index (χ1n) is 5.83. The number of aromatic nitrogens is 2. The lowest BCUT2D eigenvalue weighted by Gasteiger charge is -1.98. The van der Waals surface area contributed by atoms with E-state index in [1.54, 1.807) is 35.2 Å². The van der Waals surface area contributed by atoms with Crippen LogP contribution in [0, 0.1) is 0 Å². The zero-order valence-corrected chi connectivity index (χ0v) is 10.4. The molecule has 3 rings (SSSR count). The van der Waals surface area contributed by atoms with E-state index in [9.17, 15) is 4.79 Å². The number of allylic oxidation sites excluding steroid dienone is 1. The quantitative estimate of drug-likeness (QED) is 0.623. The molecule has 0 saturated heterocycles. The molecule has 96 valence electrons. The van der Waals surface area contributed by atoms with Gasteiger partial charge in [-0.05, 0) is 30.4 Å². The molecule has 2 heterocycles. The predicted molar refractivity (Wildman–Crippen MR) is 69.1 cm³/mol. The van der Waals surface area contributed by atoms with Crippen molar-refractivity contribution in [2.24, 2.45) is 7.05 Å². The zero-order valence-electron chi connectivity index (χ0n) is 10.4. The maximum atomic E-state index is 12.0. The first-order valence-corrected chi connectivity index (χ1v) is 5.83. The number of carbonyl (C=O) groups is 1. The van der Waals surface area contributed by atoms with Gasteiger partial charge in [0.2, 0.25) is 6.79 Å². The van der Waals surface area contributed by atoms with E-state index in [1.165, 1.54) is 6.08 Å². The summed E-state index contributed by atoms with van der Waals surface area (Å²) in [6, 6.07) is 5.16. The molecule has 0 aliphatic carbocycles. The fourth-order valence-corrected chi connectivity index (χ4v) is 1.84. The number of rotatable bonds is 3. The molecular weight excluding hydrogens is 244 g/mol. The van der Waals surface area contributed by atoms with Crippen molar-refractivity contribution < 1.29 is 14.3 Å². The molecule has 5 nitrogen and oxygen atoms in total. The Labute approximate surface area is 110 Å². The maximum Gasteiger partial charge on any atom is 0.231 e. The van der Waals surface area contributed by atoms with Crippen LogP contribution in [0.25, 0.3) is 6.08 Å². The minimum absolute atomic E-state index is 0.0813. The van der Waals surface area contributed by atoms with Crippen LogP contribution in [0.4, 0.5) is 0 Å². The van der Waals surface area contributed by atoms with Gasteiger partial charge in [0.25, 0.3) is 0 Å². The highest BCUT2D eigenvalue weighted by Crippen LogP contribution is 2.32. The van der Waals surface area contributed by atoms with Gasteiger partial charge >= 0.3 is 0 Å². The normalized spacial score (nSPS) is 13.1. The molecule has 1 aliphatic heterocycles. The van der Waals surface area contributed by atoms with Crippen molar-refractivity contribution in [3.63, 3.8) is 0 Å². The van der Waals surface area contributed by atoms with Crippen LogP contribution in [0.3, 0.4) is 0 Å². The first-order chi connectivity index (χ1) is 9.22. The van der Waals surface area contributed by atoms with E-state index in [-0.39, 0.29) is 12.6 Å². The highest BCUT2D eigenvalue weighted by Gasteiger charge is 2.14. The van der Waals surface area contributed by atoms with Crippen LogP contribution in [-0.2, 0) is 7.05 Å². The Morgan fingerprint density at radius 3 is 3.00 bits per heavy atom. The standard InChI is InChI=1S/C14H12N2O3/c1-16-8-10(7-15-16)2-4-12(17)11-3-5-13-14(6-11)19-9-18-13/h2-8H,9H2,1H3/b4-2-. The smallest absolute Gasteiger partial charge is 0.231 e. The summed E-state index contributed by atoms with van der Waals surface area (Å²) in [7, 11) is 1.83. The highest BCUT2D eigenvalue weighted by atomic mass is 16.7. The second-order valence-electron chi connectivity index (χ2n) is 4.21. The minimum Gasteiger partial charge on any atom is -0.454 e. The van der Waals surface area contributed by atoms with E-state index in [2.05, 4.69) is 5.10 Å². The second-order valence-corrected chi connectivity index (χ2v) is 4.21. The molecule has 0 N–H and O–H groups in total. The van der Waals surface area contributed by atoms with Gasteiger partial charge < -0.3 is 9.47 Å². The number of nitrogens with zero attached hydrogens (tertiary/aromatic N) is 2. The fourth-order valence-electron chi connectivity index (χ4n) is 1.84. The van der Waals surface area contributed by atoms with E-state index >= 15 is 0 Å². The Hall–Kier alpha value is -2.56. The van der Waals surface area contributed by atoms with Gasteiger partial charge in [-0.3, -0.25) is 9.48 Å². The number of fused-ring (bicyclic) bond motifs is 1. The number of aryl methyl sites for hydroxylation is 1. The number of hydrogen-bond donors (Lipinski definition) is 0. The van der Waals surface area contributed by atoms with Crippen molar-refractivity contribution in [1.82, 2.24) is 9.78 Å². The fraction of sp³-hybridized carbons (Fsp3) is 0.143. The number of ether oxygens (including phenoxy) is 2. The molecule has 0 radical (unpaired) electrons. The van der Waals surface area contributed by atoms with Gasteiger partial charge in [-0.2, -0.15) is 5.10 Å². The van der Waals surface area contributed by atoms with Gasteiger partial charge in [0.15, 0.2) is 17.3 Å². The molecule has 0 saturated carbocycles. The topological polar surface area (TPSA) is 53.4 Å². The Kier molecular flexibility index (Phi) is 2.79.